The van der Waals surface area contributed by atoms with Crippen LogP contribution in [0.4, 0.5) is 17.1 Å². The highest BCUT2D eigenvalue weighted by atomic mass is 16.5. The fourth-order valence-electron chi connectivity index (χ4n) is 4.09. The van der Waals surface area contributed by atoms with Crippen LogP contribution in [-0.4, -0.2) is 28.5 Å². The molecule has 0 atom stereocenters. The molecule has 0 fully saturated rings. The maximum atomic E-state index is 12.9. The number of rotatable bonds is 7. The van der Waals surface area contributed by atoms with Gasteiger partial charge in [0.1, 0.15) is 18.1 Å². The summed E-state index contributed by atoms with van der Waals surface area (Å²) >= 11 is 0. The van der Waals surface area contributed by atoms with Crippen molar-refractivity contribution in [2.24, 2.45) is 0 Å². The molecule has 0 saturated carbocycles. The largest absolute Gasteiger partial charge is 0.497 e. The zero-order valence-corrected chi connectivity index (χ0v) is 20.1. The normalized spacial score (nSPS) is 10.7. The van der Waals surface area contributed by atoms with E-state index in [1.807, 2.05) is 53.1 Å². The van der Waals surface area contributed by atoms with Crippen molar-refractivity contribution in [2.45, 2.75) is 6.54 Å². The molecule has 0 saturated heterocycles. The van der Waals surface area contributed by atoms with Gasteiger partial charge in [0.2, 0.25) is 5.91 Å². The third-order valence-corrected chi connectivity index (χ3v) is 5.86. The van der Waals surface area contributed by atoms with Crippen LogP contribution in [0.3, 0.4) is 0 Å². The minimum Gasteiger partial charge on any atom is -0.497 e. The number of nitrogens with one attached hydrogen (secondary N) is 2. The van der Waals surface area contributed by atoms with Gasteiger partial charge in [0.05, 0.1) is 18.1 Å². The van der Waals surface area contributed by atoms with Crippen molar-refractivity contribution in [3.63, 3.8) is 0 Å². The fraction of sp³-hybridized carbons (Fsp3) is 0.0690. The lowest BCUT2D eigenvalue weighted by Crippen LogP contribution is -2.19. The molecular weight excluding hydrogens is 466 g/mol. The minimum atomic E-state index is -0.241. The molecule has 1 heterocycles. The van der Waals surface area contributed by atoms with Crippen molar-refractivity contribution in [1.82, 2.24) is 9.55 Å². The average molecular weight is 492 g/mol. The number of nitrogen functional groups attached to an aromatic ring is 1. The molecule has 0 unspecified atom stereocenters. The third-order valence-electron chi connectivity index (χ3n) is 5.86. The third kappa shape index (κ3) is 5.28. The van der Waals surface area contributed by atoms with Gasteiger partial charge < -0.3 is 25.7 Å². The van der Waals surface area contributed by atoms with Crippen molar-refractivity contribution >= 4 is 39.9 Å². The second kappa shape index (κ2) is 10.2. The van der Waals surface area contributed by atoms with E-state index in [-0.39, 0.29) is 18.4 Å². The quantitative estimate of drug-likeness (QED) is 0.272. The Morgan fingerprint density at radius 1 is 0.865 bits per heavy atom. The molecule has 0 aliphatic heterocycles. The first-order valence-corrected chi connectivity index (χ1v) is 11.7. The molecule has 2 amide bonds. The molecule has 0 aliphatic carbocycles. The van der Waals surface area contributed by atoms with Crippen molar-refractivity contribution in [3.8, 4) is 17.1 Å². The molecule has 5 aromatic rings. The molecule has 0 spiro atoms. The number of hydrogen-bond acceptors (Lipinski definition) is 5. The molecule has 0 bridgehead atoms. The van der Waals surface area contributed by atoms with Gasteiger partial charge in [0.15, 0.2) is 0 Å². The van der Waals surface area contributed by atoms with Gasteiger partial charge in [-0.15, -0.1) is 0 Å². The molecular formula is C29H25N5O3. The van der Waals surface area contributed by atoms with Crippen LogP contribution in [0.1, 0.15) is 10.4 Å². The second-order valence-corrected chi connectivity index (χ2v) is 8.45. The van der Waals surface area contributed by atoms with Gasteiger partial charge in [-0.05, 0) is 54.6 Å². The Hall–Kier alpha value is -5.11. The van der Waals surface area contributed by atoms with E-state index in [1.54, 1.807) is 55.6 Å². The van der Waals surface area contributed by atoms with Crippen LogP contribution in [0, 0.1) is 0 Å². The first-order chi connectivity index (χ1) is 18.0. The molecule has 8 nitrogen and oxygen atoms in total. The molecule has 0 aliphatic rings. The van der Waals surface area contributed by atoms with E-state index < -0.39 is 0 Å². The van der Waals surface area contributed by atoms with Crippen LogP contribution in [0.25, 0.3) is 22.4 Å². The number of hydrogen-bond donors (Lipinski definition) is 3. The average Bonchev–Trinajstić information content (AvgIpc) is 3.27. The van der Waals surface area contributed by atoms with Crippen LogP contribution in [0.5, 0.6) is 5.75 Å². The summed E-state index contributed by atoms with van der Waals surface area (Å²) in [6.07, 6.45) is 0. The summed E-state index contributed by atoms with van der Waals surface area (Å²) in [7, 11) is 1.58. The van der Waals surface area contributed by atoms with Crippen molar-refractivity contribution in [3.05, 3.63) is 103 Å². The molecule has 8 heteroatoms. The Morgan fingerprint density at radius 2 is 1.59 bits per heavy atom. The number of methoxy groups -OCH3 is 1. The van der Waals surface area contributed by atoms with E-state index in [0.29, 0.717) is 34.2 Å². The Bertz CT molecular complexity index is 1590. The van der Waals surface area contributed by atoms with Gasteiger partial charge in [0, 0.05) is 34.3 Å². The summed E-state index contributed by atoms with van der Waals surface area (Å²) in [6.45, 7) is 0.0583. The Morgan fingerprint density at radius 3 is 2.35 bits per heavy atom. The summed E-state index contributed by atoms with van der Waals surface area (Å²) in [6, 6.07) is 29.0. The van der Waals surface area contributed by atoms with E-state index in [0.717, 1.165) is 16.6 Å². The second-order valence-electron chi connectivity index (χ2n) is 8.45. The summed E-state index contributed by atoms with van der Waals surface area (Å²) in [5, 5.41) is 5.77. The number of aromatic nitrogens is 2. The summed E-state index contributed by atoms with van der Waals surface area (Å²) in [4.78, 5) is 30.5. The van der Waals surface area contributed by atoms with E-state index in [1.165, 1.54) is 0 Å². The molecule has 4 N–H and O–H groups in total. The number of benzene rings is 4. The minimum absolute atomic E-state index is 0.0583. The topological polar surface area (TPSA) is 111 Å². The monoisotopic (exact) mass is 491 g/mol. The van der Waals surface area contributed by atoms with Crippen molar-refractivity contribution < 1.29 is 14.3 Å². The Labute approximate surface area is 213 Å². The van der Waals surface area contributed by atoms with Crippen molar-refractivity contribution in [1.29, 1.82) is 0 Å². The van der Waals surface area contributed by atoms with Crippen LogP contribution < -0.4 is 21.1 Å². The lowest BCUT2D eigenvalue weighted by Gasteiger charge is -2.11. The highest BCUT2D eigenvalue weighted by Crippen LogP contribution is 2.26. The van der Waals surface area contributed by atoms with Crippen molar-refractivity contribution in [2.75, 3.05) is 23.5 Å². The lowest BCUT2D eigenvalue weighted by atomic mass is 10.1. The Kier molecular flexibility index (Phi) is 6.54. The molecule has 37 heavy (non-hydrogen) atoms. The van der Waals surface area contributed by atoms with E-state index in [9.17, 15) is 9.59 Å². The highest BCUT2D eigenvalue weighted by molar-refractivity contribution is 6.04. The predicted octanol–water partition coefficient (Wildman–Crippen LogP) is 5.19. The zero-order valence-electron chi connectivity index (χ0n) is 20.1. The predicted molar refractivity (Wildman–Crippen MR) is 146 cm³/mol. The number of para-hydroxylation sites is 2. The fourth-order valence-corrected chi connectivity index (χ4v) is 4.09. The molecule has 0 radical (unpaired) electrons. The number of carbonyl (C=O) groups excluding carboxylic acids is 2. The van der Waals surface area contributed by atoms with E-state index >= 15 is 0 Å². The molecule has 4 aromatic carbocycles. The van der Waals surface area contributed by atoms with Gasteiger partial charge in [-0.25, -0.2) is 4.98 Å². The highest BCUT2D eigenvalue weighted by Gasteiger charge is 2.16. The lowest BCUT2D eigenvalue weighted by molar-refractivity contribution is -0.116. The Balaban J connectivity index is 1.39. The van der Waals surface area contributed by atoms with Gasteiger partial charge in [-0.3, -0.25) is 9.59 Å². The number of carbonyl (C=O) groups is 2. The molecule has 184 valence electrons. The van der Waals surface area contributed by atoms with Gasteiger partial charge >= 0.3 is 0 Å². The van der Waals surface area contributed by atoms with E-state index in [4.69, 9.17) is 15.5 Å². The number of ether oxygens (including phenoxy) is 1. The number of imidazole rings is 1. The SMILES string of the molecule is COc1cccc(NC(=O)c2ccc(-c3nc4ccccc4n3CC(=O)Nc3cccc(N)c3)cc2)c1. The molecule has 1 aromatic heterocycles. The number of anilines is 3. The number of fused-ring (bicyclic) bond motifs is 1. The van der Waals surface area contributed by atoms with Crippen LogP contribution in [0.2, 0.25) is 0 Å². The van der Waals surface area contributed by atoms with Crippen LogP contribution in [-0.2, 0) is 11.3 Å². The standard InChI is InChI=1S/C29H25N5O3/c1-37-24-9-5-8-23(17-24)32-29(36)20-14-12-19(13-15-20)28-33-25-10-2-3-11-26(25)34(28)18-27(35)31-22-7-4-6-21(30)16-22/h2-17H,18,30H2,1H3,(H,31,35)(H,32,36). The zero-order chi connectivity index (χ0) is 25.8. The maximum absolute atomic E-state index is 12.9. The number of nitrogens with zero attached hydrogens (tertiary/aromatic N) is 2. The van der Waals surface area contributed by atoms with E-state index in [2.05, 4.69) is 10.6 Å². The summed E-state index contributed by atoms with van der Waals surface area (Å²) in [5.41, 5.74) is 10.6. The first-order valence-electron chi connectivity index (χ1n) is 11.7. The van der Waals surface area contributed by atoms with Crippen LogP contribution in [0.15, 0.2) is 97.1 Å². The summed E-state index contributed by atoms with van der Waals surface area (Å²) in [5.74, 6) is 0.842. The molecule has 5 rings (SSSR count). The maximum Gasteiger partial charge on any atom is 0.255 e. The van der Waals surface area contributed by atoms with Gasteiger partial charge in [-0.2, -0.15) is 0 Å². The van der Waals surface area contributed by atoms with Gasteiger partial charge in [-0.1, -0.05) is 36.4 Å². The summed E-state index contributed by atoms with van der Waals surface area (Å²) < 4.78 is 7.08. The number of amides is 2. The van der Waals surface area contributed by atoms with Crippen LogP contribution >= 0.6 is 0 Å². The van der Waals surface area contributed by atoms with Gasteiger partial charge in [0.25, 0.3) is 5.91 Å². The number of nitrogens with two attached hydrogens (primary N) is 1. The smallest absolute Gasteiger partial charge is 0.255 e. The first kappa shape index (κ1) is 23.6.